The van der Waals surface area contributed by atoms with E-state index in [2.05, 4.69) is 28.7 Å². The smallest absolute Gasteiger partial charge is 0.302 e. The molecule has 9 nitrogen and oxygen atoms in total. The molecule has 0 aliphatic carbocycles. The normalized spacial score (nSPS) is 17.9. The SMILES string of the molecule is CCN(CC)c1ccc(C2/C(=C(\O)c3ccc4c(c3)OCO4)C(=O)C(=O)N2c2nc3ccccc3[nH]2)cc1. The predicted molar refractivity (Wildman–Crippen MR) is 143 cm³/mol. The number of nitrogens with one attached hydrogen (secondary N) is 1. The molecule has 4 aromatic rings. The van der Waals surface area contributed by atoms with Crippen molar-refractivity contribution in [3.63, 3.8) is 0 Å². The van der Waals surface area contributed by atoms with E-state index in [0.29, 0.717) is 28.1 Å². The van der Waals surface area contributed by atoms with Crippen LogP contribution in [0.5, 0.6) is 11.5 Å². The summed E-state index contributed by atoms with van der Waals surface area (Å²) >= 11 is 0. The Bertz CT molecular complexity index is 1550. The van der Waals surface area contributed by atoms with Gasteiger partial charge >= 0.3 is 5.91 Å². The van der Waals surface area contributed by atoms with E-state index in [1.54, 1.807) is 18.2 Å². The van der Waals surface area contributed by atoms with Crippen LogP contribution in [0.3, 0.4) is 0 Å². The number of anilines is 2. The molecule has 192 valence electrons. The predicted octanol–water partition coefficient (Wildman–Crippen LogP) is 4.76. The van der Waals surface area contributed by atoms with Crippen LogP contribution in [-0.2, 0) is 9.59 Å². The van der Waals surface area contributed by atoms with Crippen molar-refractivity contribution in [2.75, 3.05) is 29.7 Å². The quantitative estimate of drug-likeness (QED) is 0.219. The van der Waals surface area contributed by atoms with E-state index in [-0.39, 0.29) is 24.1 Å². The number of benzene rings is 3. The molecule has 9 heteroatoms. The first kappa shape index (κ1) is 23.6. The standard InChI is InChI=1S/C29H26N4O5/c1-3-32(4-2)19-12-9-17(10-13-19)25-24(26(34)18-11-14-22-23(15-18)38-16-37-22)27(35)28(36)33(25)29-30-20-7-5-6-8-21(20)31-29/h5-15,25,34H,3-4,16H2,1-2H3,(H,30,31)/b26-24+. The molecule has 1 aromatic heterocycles. The van der Waals surface area contributed by atoms with Crippen LogP contribution in [0.2, 0.25) is 0 Å². The van der Waals surface area contributed by atoms with Crippen LogP contribution < -0.4 is 19.3 Å². The summed E-state index contributed by atoms with van der Waals surface area (Å²) in [5, 5.41) is 11.4. The van der Waals surface area contributed by atoms with Gasteiger partial charge < -0.3 is 24.5 Å². The van der Waals surface area contributed by atoms with Crippen LogP contribution in [-0.4, -0.2) is 46.6 Å². The molecule has 38 heavy (non-hydrogen) atoms. The largest absolute Gasteiger partial charge is 0.507 e. The average molecular weight is 511 g/mol. The second kappa shape index (κ2) is 9.26. The molecule has 2 N–H and O–H groups in total. The summed E-state index contributed by atoms with van der Waals surface area (Å²) in [4.78, 5) is 38.3. The molecule has 0 saturated carbocycles. The molecule has 1 fully saturated rings. The van der Waals surface area contributed by atoms with Gasteiger partial charge in [0.1, 0.15) is 5.76 Å². The number of fused-ring (bicyclic) bond motifs is 2. The number of aromatic nitrogens is 2. The second-order valence-electron chi connectivity index (χ2n) is 9.08. The van der Waals surface area contributed by atoms with Gasteiger partial charge in [-0.3, -0.25) is 14.5 Å². The third kappa shape index (κ3) is 3.75. The maximum atomic E-state index is 13.5. The van der Waals surface area contributed by atoms with Crippen LogP contribution in [0, 0.1) is 0 Å². The van der Waals surface area contributed by atoms with Gasteiger partial charge in [-0.15, -0.1) is 0 Å². The van der Waals surface area contributed by atoms with Crippen LogP contribution in [0.25, 0.3) is 16.8 Å². The molecule has 0 bridgehead atoms. The summed E-state index contributed by atoms with van der Waals surface area (Å²) in [5.41, 5.74) is 3.41. The van der Waals surface area contributed by atoms with Gasteiger partial charge in [0, 0.05) is 24.3 Å². The van der Waals surface area contributed by atoms with Gasteiger partial charge in [0.15, 0.2) is 11.5 Å². The zero-order valence-electron chi connectivity index (χ0n) is 21.0. The monoisotopic (exact) mass is 510 g/mol. The number of amides is 1. The highest BCUT2D eigenvalue weighted by molar-refractivity contribution is 6.51. The summed E-state index contributed by atoms with van der Waals surface area (Å²) in [6, 6.07) is 19.1. The van der Waals surface area contributed by atoms with Crippen LogP contribution in [0.1, 0.15) is 31.0 Å². The zero-order valence-corrected chi connectivity index (χ0v) is 21.0. The third-order valence-electron chi connectivity index (χ3n) is 7.03. The van der Waals surface area contributed by atoms with Crippen molar-refractivity contribution < 1.29 is 24.2 Å². The Morgan fingerprint density at radius 1 is 1.03 bits per heavy atom. The Morgan fingerprint density at radius 2 is 1.76 bits per heavy atom. The second-order valence-corrected chi connectivity index (χ2v) is 9.08. The van der Waals surface area contributed by atoms with Crippen molar-refractivity contribution in [3.05, 3.63) is 83.4 Å². The topological polar surface area (TPSA) is 108 Å². The number of hydrogen-bond donors (Lipinski definition) is 2. The van der Waals surface area contributed by atoms with E-state index >= 15 is 0 Å². The highest BCUT2D eigenvalue weighted by Crippen LogP contribution is 2.43. The van der Waals surface area contributed by atoms with Crippen LogP contribution in [0.4, 0.5) is 11.6 Å². The van der Waals surface area contributed by atoms with Crippen molar-refractivity contribution in [3.8, 4) is 11.5 Å². The Labute approximate surface area is 218 Å². The minimum Gasteiger partial charge on any atom is -0.507 e. The maximum absolute atomic E-state index is 13.5. The average Bonchev–Trinajstić information content (AvgIpc) is 3.65. The molecular weight excluding hydrogens is 484 g/mol. The van der Waals surface area contributed by atoms with Crippen molar-refractivity contribution in [2.45, 2.75) is 19.9 Å². The minimum absolute atomic E-state index is 0.0232. The molecule has 2 aliphatic heterocycles. The lowest BCUT2D eigenvalue weighted by Gasteiger charge is -2.25. The zero-order chi connectivity index (χ0) is 26.4. The van der Waals surface area contributed by atoms with Gasteiger partial charge in [-0.05, 0) is 61.9 Å². The number of carbonyl (C=O) groups excluding carboxylic acids is 2. The number of Topliss-reactive ketones (excluding diaryl/α,β-unsaturated/α-hetero) is 1. The van der Waals surface area contributed by atoms with E-state index in [1.807, 2.05) is 48.5 Å². The summed E-state index contributed by atoms with van der Waals surface area (Å²) < 4.78 is 10.8. The van der Waals surface area contributed by atoms with E-state index in [9.17, 15) is 14.7 Å². The number of H-pyrrole nitrogens is 1. The fourth-order valence-corrected chi connectivity index (χ4v) is 5.08. The summed E-state index contributed by atoms with van der Waals surface area (Å²) in [5.74, 6) is -0.620. The van der Waals surface area contributed by atoms with Gasteiger partial charge in [-0.2, -0.15) is 0 Å². The number of aliphatic hydroxyl groups is 1. The lowest BCUT2D eigenvalue weighted by molar-refractivity contribution is -0.132. The summed E-state index contributed by atoms with van der Waals surface area (Å²) in [6.45, 7) is 5.93. The number of hydrogen-bond acceptors (Lipinski definition) is 7. The Hall–Kier alpha value is -4.79. The molecule has 0 radical (unpaired) electrons. The summed E-state index contributed by atoms with van der Waals surface area (Å²) in [6.07, 6.45) is 0. The molecule has 1 amide bonds. The lowest BCUT2D eigenvalue weighted by Crippen LogP contribution is -2.30. The lowest BCUT2D eigenvalue weighted by atomic mass is 9.95. The molecule has 6 rings (SSSR count). The van der Waals surface area contributed by atoms with E-state index in [1.165, 1.54) is 4.90 Å². The Morgan fingerprint density at radius 3 is 2.50 bits per heavy atom. The molecule has 3 aromatic carbocycles. The number of para-hydroxylation sites is 2. The van der Waals surface area contributed by atoms with E-state index in [4.69, 9.17) is 9.47 Å². The molecule has 1 unspecified atom stereocenters. The van der Waals surface area contributed by atoms with E-state index in [0.717, 1.165) is 24.3 Å². The van der Waals surface area contributed by atoms with E-state index < -0.39 is 17.7 Å². The highest BCUT2D eigenvalue weighted by atomic mass is 16.7. The van der Waals surface area contributed by atoms with Gasteiger partial charge in [0.25, 0.3) is 5.78 Å². The first-order valence-corrected chi connectivity index (χ1v) is 12.5. The van der Waals surface area contributed by atoms with Crippen molar-refractivity contribution >= 4 is 40.1 Å². The molecule has 0 spiro atoms. The molecule has 1 atom stereocenters. The van der Waals surface area contributed by atoms with Crippen molar-refractivity contribution in [2.24, 2.45) is 0 Å². The number of ketones is 1. The fourth-order valence-electron chi connectivity index (χ4n) is 5.08. The van der Waals surface area contributed by atoms with Gasteiger partial charge in [0.05, 0.1) is 22.6 Å². The molecule has 1 saturated heterocycles. The van der Waals surface area contributed by atoms with Crippen molar-refractivity contribution in [1.82, 2.24) is 9.97 Å². The maximum Gasteiger partial charge on any atom is 0.302 e. The number of aromatic amines is 1. The molecule has 2 aliphatic rings. The first-order chi connectivity index (χ1) is 18.5. The highest BCUT2D eigenvalue weighted by Gasteiger charge is 2.48. The summed E-state index contributed by atoms with van der Waals surface area (Å²) in [7, 11) is 0. The van der Waals surface area contributed by atoms with Gasteiger partial charge in [0.2, 0.25) is 12.7 Å². The Kier molecular flexibility index (Phi) is 5.75. The number of ether oxygens (including phenoxy) is 2. The Balaban J connectivity index is 1.51. The number of rotatable bonds is 6. The third-order valence-corrected chi connectivity index (χ3v) is 7.03. The number of imidazole rings is 1. The van der Waals surface area contributed by atoms with Gasteiger partial charge in [-0.1, -0.05) is 24.3 Å². The van der Waals surface area contributed by atoms with Crippen LogP contribution in [0.15, 0.2) is 72.3 Å². The molecular formula is C29H26N4O5. The van der Waals surface area contributed by atoms with Gasteiger partial charge in [-0.25, -0.2) is 4.98 Å². The minimum atomic E-state index is -0.897. The first-order valence-electron chi connectivity index (χ1n) is 12.5. The number of carbonyl (C=O) groups is 2. The van der Waals surface area contributed by atoms with Crippen molar-refractivity contribution in [1.29, 1.82) is 0 Å². The van der Waals surface area contributed by atoms with Crippen LogP contribution >= 0.6 is 0 Å². The number of aliphatic hydroxyl groups excluding tert-OH is 1. The fraction of sp³-hybridized carbons (Fsp3) is 0.207. The number of nitrogens with zero attached hydrogens (tertiary/aromatic N) is 3. The molecule has 3 heterocycles.